The van der Waals surface area contributed by atoms with Gasteiger partial charge in [-0.25, -0.2) is 5.06 Å². The maximum atomic E-state index is 11.6. The Morgan fingerprint density at radius 2 is 2.25 bits per heavy atom. The maximum Gasteiger partial charge on any atom is 0.249 e. The first-order chi connectivity index (χ1) is 5.61. The zero-order valence-electron chi connectivity index (χ0n) is 7.67. The summed E-state index contributed by atoms with van der Waals surface area (Å²) in [5.74, 6) is 0.410. The molecule has 3 heteroatoms. The molecule has 1 unspecified atom stereocenters. The second-order valence-electron chi connectivity index (χ2n) is 4.37. The molecule has 3 nitrogen and oxygen atoms in total. The van der Waals surface area contributed by atoms with E-state index in [-0.39, 0.29) is 17.2 Å². The standard InChI is InChI=1S/C9H15NO2/c1-9(2)6-7(9)8(11)10-4-3-5-12-10/h7H,3-6H2,1-2H3. The van der Waals surface area contributed by atoms with E-state index >= 15 is 0 Å². The van der Waals surface area contributed by atoms with E-state index in [1.165, 1.54) is 0 Å². The molecule has 1 saturated carbocycles. The van der Waals surface area contributed by atoms with Crippen molar-refractivity contribution in [2.24, 2.45) is 11.3 Å². The third-order valence-corrected chi connectivity index (χ3v) is 2.81. The monoisotopic (exact) mass is 169 g/mol. The highest BCUT2D eigenvalue weighted by Crippen LogP contribution is 2.52. The quantitative estimate of drug-likeness (QED) is 0.590. The average Bonchev–Trinajstić information content (AvgIpc) is 2.56. The van der Waals surface area contributed by atoms with Crippen molar-refractivity contribution in [1.82, 2.24) is 5.06 Å². The van der Waals surface area contributed by atoms with Gasteiger partial charge in [-0.15, -0.1) is 0 Å². The van der Waals surface area contributed by atoms with Gasteiger partial charge in [0.1, 0.15) is 0 Å². The summed E-state index contributed by atoms with van der Waals surface area (Å²) in [4.78, 5) is 16.8. The third kappa shape index (κ3) is 1.22. The predicted molar refractivity (Wildman–Crippen MR) is 44.2 cm³/mol. The first-order valence-electron chi connectivity index (χ1n) is 4.55. The van der Waals surface area contributed by atoms with Crippen molar-refractivity contribution in [3.05, 3.63) is 0 Å². The minimum atomic E-state index is 0.192. The molecule has 0 radical (unpaired) electrons. The third-order valence-electron chi connectivity index (χ3n) is 2.81. The molecule has 1 atom stereocenters. The van der Waals surface area contributed by atoms with Crippen molar-refractivity contribution < 1.29 is 9.63 Å². The molecule has 2 rings (SSSR count). The van der Waals surface area contributed by atoms with Gasteiger partial charge in [0.2, 0.25) is 5.91 Å². The Kier molecular flexibility index (Phi) is 1.65. The fourth-order valence-electron chi connectivity index (χ4n) is 1.68. The molecule has 1 aliphatic heterocycles. The van der Waals surface area contributed by atoms with Crippen LogP contribution in [0.2, 0.25) is 0 Å². The molecule has 1 aliphatic carbocycles. The first-order valence-corrected chi connectivity index (χ1v) is 4.55. The summed E-state index contributed by atoms with van der Waals surface area (Å²) >= 11 is 0. The van der Waals surface area contributed by atoms with Gasteiger partial charge in [0.15, 0.2) is 0 Å². The highest BCUT2D eigenvalue weighted by atomic mass is 16.7. The van der Waals surface area contributed by atoms with E-state index < -0.39 is 0 Å². The summed E-state index contributed by atoms with van der Waals surface area (Å²) < 4.78 is 0. The molecule has 2 aliphatic rings. The summed E-state index contributed by atoms with van der Waals surface area (Å²) in [7, 11) is 0. The fraction of sp³-hybridized carbons (Fsp3) is 0.889. The number of amides is 1. The van der Waals surface area contributed by atoms with Gasteiger partial charge in [-0.05, 0) is 18.3 Å². The van der Waals surface area contributed by atoms with Crippen LogP contribution in [0.1, 0.15) is 26.7 Å². The Bertz CT molecular complexity index is 200. The van der Waals surface area contributed by atoms with Gasteiger partial charge < -0.3 is 0 Å². The summed E-state index contributed by atoms with van der Waals surface area (Å²) in [6.45, 7) is 5.75. The molecule has 0 spiro atoms. The molecule has 0 aromatic carbocycles. The number of nitrogens with zero attached hydrogens (tertiary/aromatic N) is 1. The van der Waals surface area contributed by atoms with Crippen LogP contribution < -0.4 is 0 Å². The van der Waals surface area contributed by atoms with E-state index in [1.54, 1.807) is 5.06 Å². The van der Waals surface area contributed by atoms with E-state index in [2.05, 4.69) is 13.8 Å². The van der Waals surface area contributed by atoms with Crippen molar-refractivity contribution in [1.29, 1.82) is 0 Å². The summed E-state index contributed by atoms with van der Waals surface area (Å²) in [5.41, 5.74) is 0.225. The summed E-state index contributed by atoms with van der Waals surface area (Å²) in [6.07, 6.45) is 2.00. The van der Waals surface area contributed by atoms with Crippen LogP contribution in [0.25, 0.3) is 0 Å². The Hall–Kier alpha value is -0.570. The van der Waals surface area contributed by atoms with Crippen molar-refractivity contribution >= 4 is 5.91 Å². The van der Waals surface area contributed by atoms with Crippen molar-refractivity contribution in [3.63, 3.8) is 0 Å². The lowest BCUT2D eigenvalue weighted by atomic mass is 10.1. The number of hydroxylamine groups is 2. The molecular weight excluding hydrogens is 154 g/mol. The van der Waals surface area contributed by atoms with Crippen LogP contribution in [0.3, 0.4) is 0 Å². The molecule has 1 saturated heterocycles. The molecule has 68 valence electrons. The molecule has 2 fully saturated rings. The van der Waals surface area contributed by atoms with Crippen LogP contribution in [-0.4, -0.2) is 24.1 Å². The first kappa shape index (κ1) is 8.05. The van der Waals surface area contributed by atoms with Gasteiger partial charge in [0, 0.05) is 5.92 Å². The molecule has 0 bridgehead atoms. The van der Waals surface area contributed by atoms with Gasteiger partial charge in [0.25, 0.3) is 0 Å². The number of hydrogen-bond acceptors (Lipinski definition) is 2. The number of carbonyl (C=O) groups excluding carboxylic acids is 1. The van der Waals surface area contributed by atoms with Gasteiger partial charge in [-0.2, -0.15) is 0 Å². The largest absolute Gasteiger partial charge is 0.272 e. The molecular formula is C9H15NO2. The second-order valence-corrected chi connectivity index (χ2v) is 4.37. The van der Waals surface area contributed by atoms with Crippen molar-refractivity contribution in [3.8, 4) is 0 Å². The average molecular weight is 169 g/mol. The maximum absolute atomic E-state index is 11.6. The molecule has 1 amide bonds. The minimum absolute atomic E-state index is 0.192. The number of hydrogen-bond donors (Lipinski definition) is 0. The lowest BCUT2D eigenvalue weighted by molar-refractivity contribution is -0.171. The lowest BCUT2D eigenvalue weighted by Crippen LogP contribution is -2.29. The summed E-state index contributed by atoms with van der Waals surface area (Å²) in [5, 5.41) is 1.54. The van der Waals surface area contributed by atoms with Crippen LogP contribution in [0.15, 0.2) is 0 Å². The SMILES string of the molecule is CC1(C)CC1C(=O)N1CCCO1. The lowest BCUT2D eigenvalue weighted by Gasteiger charge is -2.14. The fourth-order valence-corrected chi connectivity index (χ4v) is 1.68. The van der Waals surface area contributed by atoms with Crippen LogP contribution in [0, 0.1) is 11.3 Å². The van der Waals surface area contributed by atoms with E-state index in [0.29, 0.717) is 6.61 Å². The Morgan fingerprint density at radius 1 is 1.58 bits per heavy atom. The Morgan fingerprint density at radius 3 is 2.67 bits per heavy atom. The van der Waals surface area contributed by atoms with Crippen molar-refractivity contribution in [2.75, 3.05) is 13.2 Å². The van der Waals surface area contributed by atoms with E-state index in [0.717, 1.165) is 19.4 Å². The van der Waals surface area contributed by atoms with Crippen LogP contribution in [0.4, 0.5) is 0 Å². The Labute approximate surface area is 72.6 Å². The zero-order valence-corrected chi connectivity index (χ0v) is 7.67. The van der Waals surface area contributed by atoms with Gasteiger partial charge in [0.05, 0.1) is 13.2 Å². The minimum Gasteiger partial charge on any atom is -0.272 e. The molecule has 0 N–H and O–H groups in total. The molecule has 12 heavy (non-hydrogen) atoms. The van der Waals surface area contributed by atoms with Crippen molar-refractivity contribution in [2.45, 2.75) is 26.7 Å². The molecule has 1 heterocycles. The second kappa shape index (κ2) is 2.46. The predicted octanol–water partition coefficient (Wildman–Crippen LogP) is 1.20. The highest BCUT2D eigenvalue weighted by Gasteiger charge is 2.52. The van der Waals surface area contributed by atoms with Crippen LogP contribution >= 0.6 is 0 Å². The van der Waals surface area contributed by atoms with E-state index in [4.69, 9.17) is 4.84 Å². The number of carbonyl (C=O) groups is 1. The smallest absolute Gasteiger partial charge is 0.249 e. The van der Waals surface area contributed by atoms with Crippen LogP contribution in [-0.2, 0) is 9.63 Å². The summed E-state index contributed by atoms with van der Waals surface area (Å²) in [6, 6.07) is 0. The van der Waals surface area contributed by atoms with E-state index in [9.17, 15) is 4.79 Å². The molecule has 0 aromatic heterocycles. The normalized spacial score (nSPS) is 32.2. The van der Waals surface area contributed by atoms with E-state index in [1.807, 2.05) is 0 Å². The van der Waals surface area contributed by atoms with Gasteiger partial charge >= 0.3 is 0 Å². The Balaban J connectivity index is 1.93. The van der Waals surface area contributed by atoms with Gasteiger partial charge in [-0.3, -0.25) is 9.63 Å². The zero-order chi connectivity index (χ0) is 8.77. The molecule has 0 aromatic rings. The van der Waals surface area contributed by atoms with Crippen LogP contribution in [0.5, 0.6) is 0 Å². The highest BCUT2D eigenvalue weighted by molar-refractivity contribution is 5.81. The van der Waals surface area contributed by atoms with Gasteiger partial charge in [-0.1, -0.05) is 13.8 Å². The number of rotatable bonds is 1. The topological polar surface area (TPSA) is 29.5 Å².